The molecule has 118 valence electrons. The lowest BCUT2D eigenvalue weighted by Crippen LogP contribution is -2.22. The summed E-state index contributed by atoms with van der Waals surface area (Å²) in [6, 6.07) is 15.5. The van der Waals surface area contributed by atoms with Gasteiger partial charge in [0.05, 0.1) is 11.6 Å². The Morgan fingerprint density at radius 1 is 1.30 bits per heavy atom. The number of nitriles is 1. The SMILES string of the molecule is CCNC(=O)c1cccc(OCC(O)c2ccc(C#N)cc2)c1. The largest absolute Gasteiger partial charge is 0.491 e. The van der Waals surface area contributed by atoms with Crippen LogP contribution < -0.4 is 10.1 Å². The molecule has 2 aromatic carbocycles. The molecule has 0 spiro atoms. The first-order chi connectivity index (χ1) is 11.1. The Morgan fingerprint density at radius 2 is 2.04 bits per heavy atom. The standard InChI is InChI=1S/C18H18N2O3/c1-2-20-18(22)15-4-3-5-16(10-15)23-12-17(21)14-8-6-13(11-19)7-9-14/h3-10,17,21H,2,12H2,1H3,(H,20,22). The minimum absolute atomic E-state index is 0.0603. The van der Waals surface area contributed by atoms with Crippen molar-refractivity contribution in [3.8, 4) is 11.8 Å². The quantitative estimate of drug-likeness (QED) is 0.858. The lowest BCUT2D eigenvalue weighted by molar-refractivity contribution is 0.0954. The van der Waals surface area contributed by atoms with Crippen molar-refractivity contribution >= 4 is 5.91 Å². The van der Waals surface area contributed by atoms with E-state index in [1.54, 1.807) is 48.5 Å². The zero-order chi connectivity index (χ0) is 16.7. The number of rotatable bonds is 6. The number of ether oxygens (including phenoxy) is 1. The second kappa shape index (κ2) is 7.97. The molecule has 0 saturated carbocycles. The number of hydrogen-bond donors (Lipinski definition) is 2. The Labute approximate surface area is 135 Å². The van der Waals surface area contributed by atoms with Crippen LogP contribution in [0, 0.1) is 11.3 Å². The average Bonchev–Trinajstić information content (AvgIpc) is 2.60. The molecule has 0 bridgehead atoms. The van der Waals surface area contributed by atoms with Gasteiger partial charge in [0.2, 0.25) is 0 Å². The summed E-state index contributed by atoms with van der Waals surface area (Å²) in [7, 11) is 0. The highest BCUT2D eigenvalue weighted by atomic mass is 16.5. The van der Waals surface area contributed by atoms with Gasteiger partial charge in [-0.25, -0.2) is 0 Å². The minimum atomic E-state index is -0.809. The number of hydrogen-bond acceptors (Lipinski definition) is 4. The van der Waals surface area contributed by atoms with Crippen molar-refractivity contribution in [1.29, 1.82) is 5.26 Å². The van der Waals surface area contributed by atoms with Gasteiger partial charge in [-0.05, 0) is 42.8 Å². The van der Waals surface area contributed by atoms with Gasteiger partial charge in [-0.15, -0.1) is 0 Å². The summed E-state index contributed by atoms with van der Waals surface area (Å²) in [6.07, 6.45) is -0.809. The van der Waals surface area contributed by atoms with Crippen LogP contribution in [0.25, 0.3) is 0 Å². The van der Waals surface area contributed by atoms with Crippen LogP contribution >= 0.6 is 0 Å². The predicted molar refractivity (Wildman–Crippen MR) is 86.1 cm³/mol. The molecule has 1 atom stereocenters. The van der Waals surface area contributed by atoms with Gasteiger partial charge in [-0.1, -0.05) is 18.2 Å². The van der Waals surface area contributed by atoms with E-state index in [4.69, 9.17) is 10.00 Å². The highest BCUT2D eigenvalue weighted by molar-refractivity contribution is 5.94. The Hall–Kier alpha value is -2.84. The molecule has 0 heterocycles. The lowest BCUT2D eigenvalue weighted by atomic mass is 10.1. The number of aliphatic hydroxyl groups is 1. The fraction of sp³-hybridized carbons (Fsp3) is 0.222. The Balaban J connectivity index is 1.98. The molecule has 5 heteroatoms. The summed E-state index contributed by atoms with van der Waals surface area (Å²) in [5.41, 5.74) is 1.72. The molecular weight excluding hydrogens is 292 g/mol. The van der Waals surface area contributed by atoms with Crippen molar-refractivity contribution < 1.29 is 14.6 Å². The maximum atomic E-state index is 11.8. The van der Waals surface area contributed by atoms with Crippen molar-refractivity contribution in [3.05, 3.63) is 65.2 Å². The van der Waals surface area contributed by atoms with E-state index in [2.05, 4.69) is 5.32 Å². The fourth-order valence-corrected chi connectivity index (χ4v) is 2.04. The molecule has 1 amide bonds. The van der Waals surface area contributed by atoms with Crippen LogP contribution in [0.1, 0.15) is 34.5 Å². The van der Waals surface area contributed by atoms with E-state index in [9.17, 15) is 9.90 Å². The van der Waals surface area contributed by atoms with Gasteiger partial charge in [0, 0.05) is 12.1 Å². The summed E-state index contributed by atoms with van der Waals surface area (Å²) in [4.78, 5) is 11.8. The second-order valence-corrected chi connectivity index (χ2v) is 4.95. The molecule has 0 aliphatic rings. The summed E-state index contributed by atoms with van der Waals surface area (Å²) in [5, 5.41) is 21.6. The van der Waals surface area contributed by atoms with Crippen LogP contribution in [0.4, 0.5) is 0 Å². The summed E-state index contributed by atoms with van der Waals surface area (Å²) < 4.78 is 5.55. The zero-order valence-electron chi connectivity index (χ0n) is 12.8. The van der Waals surface area contributed by atoms with E-state index in [1.807, 2.05) is 13.0 Å². The molecule has 0 saturated heterocycles. The summed E-state index contributed by atoms with van der Waals surface area (Å²) in [5.74, 6) is 0.354. The molecule has 0 aliphatic carbocycles. The van der Waals surface area contributed by atoms with Crippen molar-refractivity contribution in [1.82, 2.24) is 5.32 Å². The van der Waals surface area contributed by atoms with Crippen molar-refractivity contribution in [2.75, 3.05) is 13.2 Å². The highest BCUT2D eigenvalue weighted by Gasteiger charge is 2.10. The third kappa shape index (κ3) is 4.56. The fourth-order valence-electron chi connectivity index (χ4n) is 2.04. The zero-order valence-corrected chi connectivity index (χ0v) is 12.8. The first kappa shape index (κ1) is 16.5. The number of benzene rings is 2. The third-order valence-corrected chi connectivity index (χ3v) is 3.27. The van der Waals surface area contributed by atoms with Gasteiger partial charge in [-0.3, -0.25) is 4.79 Å². The molecule has 2 N–H and O–H groups in total. The van der Waals surface area contributed by atoms with Crippen molar-refractivity contribution in [2.45, 2.75) is 13.0 Å². The molecule has 2 aromatic rings. The van der Waals surface area contributed by atoms with E-state index in [0.717, 1.165) is 0 Å². The van der Waals surface area contributed by atoms with Crippen molar-refractivity contribution in [3.63, 3.8) is 0 Å². The number of carbonyl (C=O) groups is 1. The van der Waals surface area contributed by atoms with Gasteiger partial charge in [0.15, 0.2) is 0 Å². The predicted octanol–water partition coefficient (Wildman–Crippen LogP) is 2.42. The molecule has 0 fully saturated rings. The minimum Gasteiger partial charge on any atom is -0.491 e. The summed E-state index contributed by atoms with van der Waals surface area (Å²) in [6.45, 7) is 2.47. The van der Waals surface area contributed by atoms with Gasteiger partial charge < -0.3 is 15.2 Å². The molecular formula is C18H18N2O3. The molecule has 2 rings (SSSR count). The topological polar surface area (TPSA) is 82.3 Å². The molecule has 0 aromatic heterocycles. The first-order valence-corrected chi connectivity index (χ1v) is 7.33. The molecule has 1 unspecified atom stereocenters. The molecule has 0 radical (unpaired) electrons. The maximum absolute atomic E-state index is 11.8. The van der Waals surface area contributed by atoms with E-state index in [1.165, 1.54) is 0 Å². The van der Waals surface area contributed by atoms with Gasteiger partial charge in [0.25, 0.3) is 5.91 Å². The summed E-state index contributed by atoms with van der Waals surface area (Å²) >= 11 is 0. The lowest BCUT2D eigenvalue weighted by Gasteiger charge is -2.13. The normalized spacial score (nSPS) is 11.3. The Kier molecular flexibility index (Phi) is 5.73. The van der Waals surface area contributed by atoms with E-state index < -0.39 is 6.10 Å². The van der Waals surface area contributed by atoms with E-state index in [0.29, 0.717) is 29.0 Å². The smallest absolute Gasteiger partial charge is 0.251 e. The van der Waals surface area contributed by atoms with Crippen LogP contribution in [0.15, 0.2) is 48.5 Å². The number of nitrogens with zero attached hydrogens (tertiary/aromatic N) is 1. The molecule has 23 heavy (non-hydrogen) atoms. The Morgan fingerprint density at radius 3 is 2.70 bits per heavy atom. The number of aliphatic hydroxyl groups excluding tert-OH is 1. The monoisotopic (exact) mass is 310 g/mol. The number of nitrogens with one attached hydrogen (secondary N) is 1. The van der Waals surface area contributed by atoms with Gasteiger partial charge >= 0.3 is 0 Å². The van der Waals surface area contributed by atoms with E-state index >= 15 is 0 Å². The van der Waals surface area contributed by atoms with Crippen LogP contribution in [0.2, 0.25) is 0 Å². The van der Waals surface area contributed by atoms with Crippen LogP contribution in [0.3, 0.4) is 0 Å². The van der Waals surface area contributed by atoms with Crippen LogP contribution in [0.5, 0.6) is 5.75 Å². The number of amides is 1. The Bertz CT molecular complexity index is 705. The second-order valence-electron chi connectivity index (χ2n) is 4.95. The molecule has 5 nitrogen and oxygen atoms in total. The van der Waals surface area contributed by atoms with Crippen LogP contribution in [-0.4, -0.2) is 24.2 Å². The highest BCUT2D eigenvalue weighted by Crippen LogP contribution is 2.18. The van der Waals surface area contributed by atoms with Crippen LogP contribution in [-0.2, 0) is 0 Å². The maximum Gasteiger partial charge on any atom is 0.251 e. The van der Waals surface area contributed by atoms with Crippen molar-refractivity contribution in [2.24, 2.45) is 0 Å². The third-order valence-electron chi connectivity index (χ3n) is 3.27. The number of carbonyl (C=O) groups excluding carboxylic acids is 1. The average molecular weight is 310 g/mol. The molecule has 0 aliphatic heterocycles. The van der Waals surface area contributed by atoms with Gasteiger partial charge in [-0.2, -0.15) is 5.26 Å². The van der Waals surface area contributed by atoms with E-state index in [-0.39, 0.29) is 12.5 Å². The van der Waals surface area contributed by atoms with Gasteiger partial charge in [0.1, 0.15) is 18.5 Å². The first-order valence-electron chi connectivity index (χ1n) is 7.33.